The van der Waals surface area contributed by atoms with Crippen LogP contribution in [0.1, 0.15) is 56.7 Å². The number of benzene rings is 1. The predicted molar refractivity (Wildman–Crippen MR) is 141 cm³/mol. The van der Waals surface area contributed by atoms with Gasteiger partial charge in [-0.05, 0) is 45.2 Å². The number of nitrogens with one attached hydrogen (secondary N) is 1. The summed E-state index contributed by atoms with van der Waals surface area (Å²) in [6.07, 6.45) is -0.975. The van der Waals surface area contributed by atoms with Gasteiger partial charge in [-0.15, -0.1) is 0 Å². The van der Waals surface area contributed by atoms with Crippen molar-refractivity contribution >= 4 is 17.0 Å². The Morgan fingerprint density at radius 1 is 1.05 bits per heavy atom. The Hall–Kier alpha value is -2.76. The van der Waals surface area contributed by atoms with Crippen LogP contribution in [0.2, 0.25) is 0 Å². The molecular weight excluding hydrogens is 495 g/mol. The minimum absolute atomic E-state index is 0.0594. The van der Waals surface area contributed by atoms with Crippen molar-refractivity contribution in [3.8, 4) is 11.3 Å². The highest BCUT2D eigenvalue weighted by atomic mass is 19.4. The molecule has 38 heavy (non-hydrogen) atoms. The van der Waals surface area contributed by atoms with Crippen molar-refractivity contribution in [3.05, 3.63) is 36.0 Å². The molecule has 0 radical (unpaired) electrons. The molecule has 5 rings (SSSR count). The molecule has 2 aliphatic rings. The minimum Gasteiger partial charge on any atom is -0.393 e. The average molecular weight is 532 g/mol. The second-order valence-corrected chi connectivity index (χ2v) is 10.6. The van der Waals surface area contributed by atoms with Crippen molar-refractivity contribution in [2.24, 2.45) is 0 Å². The van der Waals surface area contributed by atoms with Crippen molar-refractivity contribution in [1.82, 2.24) is 29.5 Å². The summed E-state index contributed by atoms with van der Waals surface area (Å²) in [6.45, 7) is 6.16. The van der Waals surface area contributed by atoms with Crippen LogP contribution in [-0.4, -0.2) is 86.7 Å². The van der Waals surface area contributed by atoms with Crippen LogP contribution >= 0.6 is 0 Å². The first kappa shape index (κ1) is 26.8. The monoisotopic (exact) mass is 531 g/mol. The van der Waals surface area contributed by atoms with Gasteiger partial charge in [-0.1, -0.05) is 24.3 Å². The van der Waals surface area contributed by atoms with E-state index in [0.29, 0.717) is 24.5 Å². The van der Waals surface area contributed by atoms with Gasteiger partial charge in [0.2, 0.25) is 5.95 Å². The number of aromatic nitrogens is 4. The van der Waals surface area contributed by atoms with Crippen LogP contribution in [0.4, 0.5) is 19.1 Å². The minimum atomic E-state index is -4.25. The van der Waals surface area contributed by atoms with Crippen LogP contribution in [0.15, 0.2) is 30.5 Å². The van der Waals surface area contributed by atoms with Crippen LogP contribution < -0.4 is 5.32 Å². The Labute approximate surface area is 220 Å². The fourth-order valence-electron chi connectivity index (χ4n) is 5.43. The molecule has 2 N–H and O–H groups in total. The molecule has 1 atom stereocenters. The number of alkyl halides is 3. The number of halogens is 3. The number of fused-ring (bicyclic) bond motifs is 1. The highest BCUT2D eigenvalue weighted by Gasteiger charge is 2.28. The van der Waals surface area contributed by atoms with E-state index in [0.717, 1.165) is 55.7 Å². The lowest BCUT2D eigenvalue weighted by Crippen LogP contribution is -2.45. The van der Waals surface area contributed by atoms with E-state index in [1.807, 2.05) is 4.68 Å². The number of hydrogen-bond acceptors (Lipinski definition) is 7. The SMILES string of the molecule is CC(c1ccc(-c2nn([C@H]3CC[C@H](O)CC3)c3nc(NCCC(F)(F)F)ncc23)cc1)N1CCN(C)CC1. The van der Waals surface area contributed by atoms with E-state index >= 15 is 0 Å². The van der Waals surface area contributed by atoms with Crippen molar-refractivity contribution in [2.75, 3.05) is 45.1 Å². The molecule has 3 heterocycles. The third-order valence-electron chi connectivity index (χ3n) is 7.90. The van der Waals surface area contributed by atoms with Gasteiger partial charge in [-0.25, -0.2) is 9.67 Å². The molecule has 0 spiro atoms. The van der Waals surface area contributed by atoms with Gasteiger partial charge < -0.3 is 15.3 Å². The zero-order chi connectivity index (χ0) is 26.9. The quantitative estimate of drug-likeness (QED) is 0.460. The van der Waals surface area contributed by atoms with Crippen LogP contribution in [0.25, 0.3) is 22.3 Å². The number of rotatable bonds is 7. The molecule has 8 nitrogen and oxygen atoms in total. The molecule has 3 aromatic rings. The molecular formula is C27H36F3N7O. The van der Waals surface area contributed by atoms with Crippen LogP contribution in [0, 0.1) is 0 Å². The molecule has 1 aromatic carbocycles. The Morgan fingerprint density at radius 3 is 2.39 bits per heavy atom. The third kappa shape index (κ3) is 6.10. The molecule has 206 valence electrons. The van der Waals surface area contributed by atoms with E-state index in [-0.39, 0.29) is 24.6 Å². The molecule has 1 saturated carbocycles. The van der Waals surface area contributed by atoms with E-state index in [1.54, 1.807) is 6.20 Å². The topological polar surface area (TPSA) is 82.3 Å². The fourth-order valence-corrected chi connectivity index (χ4v) is 5.43. The van der Waals surface area contributed by atoms with Gasteiger partial charge in [0.1, 0.15) is 5.69 Å². The molecule has 11 heteroatoms. The first-order valence-electron chi connectivity index (χ1n) is 13.4. The van der Waals surface area contributed by atoms with Crippen molar-refractivity contribution < 1.29 is 18.3 Å². The summed E-state index contributed by atoms with van der Waals surface area (Å²) in [5.41, 5.74) is 3.54. The lowest BCUT2D eigenvalue weighted by molar-refractivity contribution is -0.131. The highest BCUT2D eigenvalue weighted by molar-refractivity contribution is 5.91. The lowest BCUT2D eigenvalue weighted by atomic mass is 9.93. The molecule has 1 aliphatic heterocycles. The normalized spacial score (nSPS) is 22.6. The molecule has 2 aromatic heterocycles. The van der Waals surface area contributed by atoms with Crippen molar-refractivity contribution in [3.63, 3.8) is 0 Å². The van der Waals surface area contributed by atoms with Gasteiger partial charge in [0.05, 0.1) is 24.0 Å². The van der Waals surface area contributed by atoms with E-state index in [2.05, 4.69) is 63.3 Å². The Kier molecular flexibility index (Phi) is 7.88. The van der Waals surface area contributed by atoms with Gasteiger partial charge in [0, 0.05) is 50.5 Å². The van der Waals surface area contributed by atoms with Gasteiger partial charge in [-0.3, -0.25) is 4.90 Å². The first-order chi connectivity index (χ1) is 18.2. The number of likely N-dealkylation sites (N-methyl/N-ethyl adjacent to an activating group) is 1. The maximum atomic E-state index is 12.6. The van der Waals surface area contributed by atoms with Gasteiger partial charge >= 0.3 is 6.18 Å². The number of hydrogen-bond donors (Lipinski definition) is 2. The second-order valence-electron chi connectivity index (χ2n) is 10.6. The molecule has 2 fully saturated rings. The van der Waals surface area contributed by atoms with Crippen LogP contribution in [-0.2, 0) is 0 Å². The van der Waals surface area contributed by atoms with E-state index < -0.39 is 12.6 Å². The van der Waals surface area contributed by atoms with Crippen LogP contribution in [0.3, 0.4) is 0 Å². The molecule has 0 bridgehead atoms. The Morgan fingerprint density at radius 2 is 1.74 bits per heavy atom. The molecule has 0 amide bonds. The van der Waals surface area contributed by atoms with E-state index in [1.165, 1.54) is 5.56 Å². The lowest BCUT2D eigenvalue weighted by Gasteiger charge is -2.36. The third-order valence-corrected chi connectivity index (χ3v) is 7.90. The Balaban J connectivity index is 1.42. The largest absolute Gasteiger partial charge is 0.393 e. The van der Waals surface area contributed by atoms with E-state index in [9.17, 15) is 18.3 Å². The molecule has 1 aliphatic carbocycles. The first-order valence-corrected chi connectivity index (χ1v) is 13.4. The number of nitrogens with zero attached hydrogens (tertiary/aromatic N) is 6. The smallest absolute Gasteiger partial charge is 0.390 e. The number of anilines is 1. The summed E-state index contributed by atoms with van der Waals surface area (Å²) in [5.74, 6) is 0.154. The van der Waals surface area contributed by atoms with Crippen molar-refractivity contribution in [1.29, 1.82) is 0 Å². The summed E-state index contributed by atoms with van der Waals surface area (Å²) in [5, 5.41) is 18.4. The predicted octanol–water partition coefficient (Wildman–Crippen LogP) is 4.64. The van der Waals surface area contributed by atoms with Crippen LogP contribution in [0.5, 0.6) is 0 Å². The fraction of sp³-hybridized carbons (Fsp3) is 0.593. The number of aliphatic hydroxyl groups excluding tert-OH is 1. The summed E-state index contributed by atoms with van der Waals surface area (Å²) in [6, 6.07) is 8.82. The zero-order valence-electron chi connectivity index (χ0n) is 22.0. The van der Waals surface area contributed by atoms with E-state index in [4.69, 9.17) is 5.10 Å². The van der Waals surface area contributed by atoms with Gasteiger partial charge in [0.15, 0.2) is 5.65 Å². The summed E-state index contributed by atoms with van der Waals surface area (Å²) < 4.78 is 39.7. The summed E-state index contributed by atoms with van der Waals surface area (Å²) in [4.78, 5) is 13.7. The number of aliphatic hydroxyl groups is 1. The van der Waals surface area contributed by atoms with Gasteiger partial charge in [0.25, 0.3) is 0 Å². The zero-order valence-corrected chi connectivity index (χ0v) is 22.0. The maximum Gasteiger partial charge on any atom is 0.390 e. The summed E-state index contributed by atoms with van der Waals surface area (Å²) >= 11 is 0. The molecule has 1 saturated heterocycles. The highest BCUT2D eigenvalue weighted by Crippen LogP contribution is 2.35. The second kappa shape index (κ2) is 11.2. The van der Waals surface area contributed by atoms with Gasteiger partial charge in [-0.2, -0.15) is 23.3 Å². The summed E-state index contributed by atoms with van der Waals surface area (Å²) in [7, 11) is 2.15. The van der Waals surface area contributed by atoms with Crippen molar-refractivity contribution in [2.45, 2.75) is 63.4 Å². The molecule has 1 unspecified atom stereocenters. The standard InChI is InChI=1S/C27H36F3N7O/c1-18(36-15-13-35(2)14-16-36)19-3-5-20(6-4-19)24-23-17-32-26(31-12-11-27(28,29)30)33-25(23)37(34-24)21-7-9-22(38)10-8-21/h3-6,17-18,21-22,38H,7-16H2,1-2H3,(H,31,32,33)/t18?,21-,22-. The number of piperazine rings is 1. The maximum absolute atomic E-state index is 12.6. The Bertz CT molecular complexity index is 1210. The average Bonchev–Trinajstić information content (AvgIpc) is 3.27.